The van der Waals surface area contributed by atoms with Crippen LogP contribution in [0, 0.1) is 20.8 Å². The summed E-state index contributed by atoms with van der Waals surface area (Å²) in [5.41, 5.74) is 6.88. The molecule has 1 saturated heterocycles. The zero-order chi connectivity index (χ0) is 26.3. The van der Waals surface area contributed by atoms with E-state index in [1.54, 1.807) is 7.11 Å². The average Bonchev–Trinajstić information content (AvgIpc) is 3.45. The predicted molar refractivity (Wildman–Crippen MR) is 146 cm³/mol. The Labute approximate surface area is 217 Å². The second-order valence-corrected chi connectivity index (χ2v) is 10.3. The molecule has 5 rings (SSSR count). The molecule has 1 amide bonds. The smallest absolute Gasteiger partial charge is 0.255 e. The van der Waals surface area contributed by atoms with Crippen molar-refractivity contribution < 1.29 is 13.9 Å². The number of halogens is 1. The zero-order valence-corrected chi connectivity index (χ0v) is 22.3. The van der Waals surface area contributed by atoms with Crippen LogP contribution in [0.2, 0.25) is 0 Å². The molecule has 1 aliphatic heterocycles. The molecule has 192 valence electrons. The number of aromatic nitrogens is 2. The summed E-state index contributed by atoms with van der Waals surface area (Å²) in [5.74, 6) is 1.47. The first-order valence-corrected chi connectivity index (χ1v) is 12.9. The zero-order valence-electron chi connectivity index (χ0n) is 22.3. The third kappa shape index (κ3) is 4.28. The summed E-state index contributed by atoms with van der Waals surface area (Å²) in [4.78, 5) is 21.3. The van der Waals surface area contributed by atoms with Crippen LogP contribution in [-0.2, 0) is 12.1 Å². The largest absolute Gasteiger partial charge is 0.497 e. The van der Waals surface area contributed by atoms with E-state index in [2.05, 4.69) is 32.9 Å². The van der Waals surface area contributed by atoms with E-state index < -0.39 is 12.2 Å². The number of fused-ring (bicyclic) bond motifs is 1. The Bertz CT molecular complexity index is 1490. The van der Waals surface area contributed by atoms with E-state index in [0.29, 0.717) is 12.1 Å². The SMILES string of the molecule is COc1cccc(-c2ccc(C)cc2C(=O)N2CCCC2(C)c2nc3cc(C)c(C)cc3n2CCF)c1. The highest BCUT2D eigenvalue weighted by Crippen LogP contribution is 2.41. The van der Waals surface area contributed by atoms with Gasteiger partial charge in [0, 0.05) is 12.1 Å². The van der Waals surface area contributed by atoms with Crippen molar-refractivity contribution in [2.24, 2.45) is 0 Å². The number of rotatable bonds is 6. The molecule has 1 fully saturated rings. The maximum absolute atomic E-state index is 14.3. The number of likely N-dealkylation sites (tertiary alicyclic amines) is 1. The van der Waals surface area contributed by atoms with Crippen LogP contribution in [0.3, 0.4) is 0 Å². The lowest BCUT2D eigenvalue weighted by Crippen LogP contribution is -2.45. The Balaban J connectivity index is 1.63. The van der Waals surface area contributed by atoms with Crippen molar-refractivity contribution in [1.29, 1.82) is 0 Å². The van der Waals surface area contributed by atoms with Gasteiger partial charge in [0.05, 0.1) is 30.2 Å². The van der Waals surface area contributed by atoms with E-state index in [4.69, 9.17) is 9.72 Å². The van der Waals surface area contributed by atoms with Gasteiger partial charge in [-0.3, -0.25) is 4.79 Å². The first-order chi connectivity index (χ1) is 17.8. The van der Waals surface area contributed by atoms with Gasteiger partial charge in [-0.15, -0.1) is 0 Å². The minimum Gasteiger partial charge on any atom is -0.497 e. The van der Waals surface area contributed by atoms with E-state index in [1.165, 1.54) is 0 Å². The van der Waals surface area contributed by atoms with Gasteiger partial charge in [-0.2, -0.15) is 0 Å². The molecule has 0 saturated carbocycles. The monoisotopic (exact) mass is 499 g/mol. The molecular weight excluding hydrogens is 465 g/mol. The lowest BCUT2D eigenvalue weighted by atomic mass is 9.93. The summed E-state index contributed by atoms with van der Waals surface area (Å²) in [6.45, 7) is 8.55. The Morgan fingerprint density at radius 2 is 1.86 bits per heavy atom. The molecule has 0 N–H and O–H groups in total. The van der Waals surface area contributed by atoms with E-state index in [1.807, 2.05) is 58.9 Å². The molecule has 1 aliphatic rings. The molecule has 4 aromatic rings. The van der Waals surface area contributed by atoms with Crippen molar-refractivity contribution in [3.05, 3.63) is 82.7 Å². The van der Waals surface area contributed by atoms with Gasteiger partial charge in [0.25, 0.3) is 5.91 Å². The second kappa shape index (κ2) is 9.66. The van der Waals surface area contributed by atoms with E-state index >= 15 is 0 Å². The first kappa shape index (κ1) is 25.0. The number of nitrogens with zero attached hydrogens (tertiary/aromatic N) is 3. The van der Waals surface area contributed by atoms with Crippen LogP contribution in [0.5, 0.6) is 5.75 Å². The Kier molecular flexibility index (Phi) is 6.52. The van der Waals surface area contributed by atoms with Crippen LogP contribution in [0.25, 0.3) is 22.2 Å². The maximum Gasteiger partial charge on any atom is 0.255 e. The van der Waals surface area contributed by atoms with E-state index in [9.17, 15) is 9.18 Å². The number of hydrogen-bond donors (Lipinski definition) is 0. The number of carbonyl (C=O) groups is 1. The van der Waals surface area contributed by atoms with Gasteiger partial charge in [0.2, 0.25) is 0 Å². The predicted octanol–water partition coefficient (Wildman–Crippen LogP) is 6.76. The minimum atomic E-state index is -0.650. The molecule has 6 heteroatoms. The third-order valence-electron chi connectivity index (χ3n) is 7.83. The highest BCUT2D eigenvalue weighted by atomic mass is 19.1. The van der Waals surface area contributed by atoms with Crippen molar-refractivity contribution in [2.45, 2.75) is 52.6 Å². The fourth-order valence-electron chi connectivity index (χ4n) is 5.65. The quantitative estimate of drug-likeness (QED) is 0.295. The van der Waals surface area contributed by atoms with E-state index in [0.717, 1.165) is 63.3 Å². The fourth-order valence-corrected chi connectivity index (χ4v) is 5.65. The Morgan fingerprint density at radius 3 is 2.62 bits per heavy atom. The summed E-state index contributed by atoms with van der Waals surface area (Å²) in [6.07, 6.45) is 1.63. The van der Waals surface area contributed by atoms with Crippen LogP contribution in [0.15, 0.2) is 54.6 Å². The van der Waals surface area contributed by atoms with Crippen LogP contribution in [0.1, 0.15) is 52.6 Å². The molecule has 5 nitrogen and oxygen atoms in total. The number of alkyl halides is 1. The number of imidazole rings is 1. The number of aryl methyl sites for hydroxylation is 4. The topological polar surface area (TPSA) is 47.4 Å². The normalized spacial score (nSPS) is 17.5. The second-order valence-electron chi connectivity index (χ2n) is 10.3. The molecule has 0 bridgehead atoms. The standard InChI is InChI=1S/C31H34FN3O2/c1-20-10-11-25(23-8-6-9-24(19-23)37-5)26(16-20)29(36)35-14-7-12-31(35,4)30-33-27-17-21(2)22(3)18-28(27)34(30)15-13-32/h6,8-11,16-19H,7,12-15H2,1-5H3. The molecule has 2 heterocycles. The summed E-state index contributed by atoms with van der Waals surface area (Å²) in [5, 5.41) is 0. The van der Waals surface area contributed by atoms with Crippen molar-refractivity contribution in [3.63, 3.8) is 0 Å². The Hall–Kier alpha value is -3.67. The highest BCUT2D eigenvalue weighted by Gasteiger charge is 2.45. The van der Waals surface area contributed by atoms with Gasteiger partial charge >= 0.3 is 0 Å². The van der Waals surface area contributed by atoms with Crippen LogP contribution < -0.4 is 4.74 Å². The molecule has 1 aromatic heterocycles. The average molecular weight is 500 g/mol. The summed E-state index contributed by atoms with van der Waals surface area (Å²) < 4.78 is 21.2. The van der Waals surface area contributed by atoms with Gasteiger partial charge in [-0.05, 0) is 93.1 Å². The van der Waals surface area contributed by atoms with Crippen molar-refractivity contribution in [1.82, 2.24) is 14.5 Å². The minimum absolute atomic E-state index is 0.0345. The van der Waals surface area contributed by atoms with Crippen LogP contribution in [-0.4, -0.2) is 40.7 Å². The summed E-state index contributed by atoms with van der Waals surface area (Å²) in [6, 6.07) is 17.9. The van der Waals surface area contributed by atoms with Crippen LogP contribution >= 0.6 is 0 Å². The first-order valence-electron chi connectivity index (χ1n) is 12.9. The van der Waals surface area contributed by atoms with Gasteiger partial charge in [-0.25, -0.2) is 9.37 Å². The van der Waals surface area contributed by atoms with Crippen molar-refractivity contribution in [3.8, 4) is 16.9 Å². The van der Waals surface area contributed by atoms with Gasteiger partial charge in [0.1, 0.15) is 18.2 Å². The molecule has 1 atom stereocenters. The molecule has 0 spiro atoms. The lowest BCUT2D eigenvalue weighted by Gasteiger charge is -2.35. The van der Waals surface area contributed by atoms with Gasteiger partial charge < -0.3 is 14.2 Å². The molecule has 1 unspecified atom stereocenters. The van der Waals surface area contributed by atoms with Gasteiger partial charge in [-0.1, -0.05) is 29.8 Å². The third-order valence-corrected chi connectivity index (χ3v) is 7.83. The molecule has 0 radical (unpaired) electrons. The number of methoxy groups -OCH3 is 1. The molecular formula is C31H34FN3O2. The molecule has 37 heavy (non-hydrogen) atoms. The molecule has 3 aromatic carbocycles. The highest BCUT2D eigenvalue weighted by molar-refractivity contribution is 6.01. The number of hydrogen-bond acceptors (Lipinski definition) is 3. The number of ether oxygens (including phenoxy) is 1. The van der Waals surface area contributed by atoms with Crippen molar-refractivity contribution in [2.75, 3.05) is 20.3 Å². The summed E-state index contributed by atoms with van der Waals surface area (Å²) >= 11 is 0. The maximum atomic E-state index is 14.3. The Morgan fingerprint density at radius 1 is 1.08 bits per heavy atom. The van der Waals surface area contributed by atoms with Crippen molar-refractivity contribution >= 4 is 16.9 Å². The number of amides is 1. The van der Waals surface area contributed by atoms with Gasteiger partial charge in [0.15, 0.2) is 0 Å². The number of benzene rings is 3. The van der Waals surface area contributed by atoms with Crippen LogP contribution in [0.4, 0.5) is 4.39 Å². The summed E-state index contributed by atoms with van der Waals surface area (Å²) in [7, 11) is 1.64. The van der Waals surface area contributed by atoms with E-state index in [-0.39, 0.29) is 12.5 Å². The fraction of sp³-hybridized carbons (Fsp3) is 0.355. The molecule has 0 aliphatic carbocycles. The lowest BCUT2D eigenvalue weighted by molar-refractivity contribution is 0.0598. The number of carbonyl (C=O) groups excluding carboxylic acids is 1.